The van der Waals surface area contributed by atoms with Crippen LogP contribution in [-0.4, -0.2) is 20.6 Å². The number of hydrogen-bond donors (Lipinski definition) is 2. The molecule has 0 fully saturated rings. The molecule has 0 unspecified atom stereocenters. The van der Waals surface area contributed by atoms with E-state index in [1.165, 1.54) is 11.1 Å². The van der Waals surface area contributed by atoms with E-state index in [2.05, 4.69) is 52.4 Å². The summed E-state index contributed by atoms with van der Waals surface area (Å²) < 4.78 is 1.77. The lowest BCUT2D eigenvalue weighted by molar-refractivity contribution is 0.835. The third-order valence-electron chi connectivity index (χ3n) is 4.03. The summed E-state index contributed by atoms with van der Waals surface area (Å²) in [5, 5.41) is 7.53. The normalized spacial score (nSPS) is 11.8. The summed E-state index contributed by atoms with van der Waals surface area (Å²) in [6.45, 7) is 4.71. The van der Waals surface area contributed by atoms with Crippen LogP contribution < -0.4 is 11.1 Å². The van der Waals surface area contributed by atoms with Crippen LogP contribution in [0.15, 0.2) is 47.7 Å². The van der Waals surface area contributed by atoms with Crippen molar-refractivity contribution < 1.29 is 0 Å². The Morgan fingerprint density at radius 2 is 1.88 bits per heavy atom. The minimum Gasteiger partial charge on any atom is -0.370 e. The molecule has 2 heterocycles. The number of nitrogens with zero attached hydrogens (tertiary/aromatic N) is 4. The molecule has 6 nitrogen and oxygen atoms in total. The van der Waals surface area contributed by atoms with E-state index in [0.717, 1.165) is 29.9 Å². The van der Waals surface area contributed by atoms with Gasteiger partial charge in [-0.05, 0) is 30.0 Å². The van der Waals surface area contributed by atoms with Crippen molar-refractivity contribution >= 4 is 17.3 Å². The number of nitrogens with one attached hydrogen (secondary N) is 1. The summed E-state index contributed by atoms with van der Waals surface area (Å²) in [7, 11) is 0. The Morgan fingerprint density at radius 3 is 2.58 bits per heavy atom. The van der Waals surface area contributed by atoms with Crippen LogP contribution in [0.5, 0.6) is 0 Å². The number of fused-ring (bicyclic) bond motifs is 1. The largest absolute Gasteiger partial charge is 0.370 e. The van der Waals surface area contributed by atoms with Gasteiger partial charge in [-0.2, -0.15) is 5.10 Å². The first-order valence-corrected chi connectivity index (χ1v) is 8.18. The van der Waals surface area contributed by atoms with E-state index < -0.39 is 0 Å². The first kappa shape index (κ1) is 16.0. The number of aromatic nitrogens is 3. The van der Waals surface area contributed by atoms with Crippen LogP contribution in [0.25, 0.3) is 5.65 Å². The van der Waals surface area contributed by atoms with Crippen molar-refractivity contribution in [3.05, 3.63) is 59.5 Å². The second-order valence-electron chi connectivity index (χ2n) is 5.52. The van der Waals surface area contributed by atoms with Gasteiger partial charge < -0.3 is 11.1 Å². The number of aliphatic imine (C=N–C) groups is 1. The average molecular weight is 322 g/mol. The molecular formula is C18H22N6. The molecule has 0 spiro atoms. The quantitative estimate of drug-likeness (QED) is 0.559. The molecule has 124 valence electrons. The fraction of sp³-hybridized carbons (Fsp3) is 0.278. The van der Waals surface area contributed by atoms with Crippen molar-refractivity contribution in [1.82, 2.24) is 14.6 Å². The molecule has 0 saturated carbocycles. The maximum atomic E-state index is 6.11. The third kappa shape index (κ3) is 3.22. The minimum atomic E-state index is 0.405. The third-order valence-corrected chi connectivity index (χ3v) is 4.03. The number of hydrogen-bond acceptors (Lipinski definition) is 3. The van der Waals surface area contributed by atoms with Gasteiger partial charge in [0.15, 0.2) is 11.6 Å². The van der Waals surface area contributed by atoms with Gasteiger partial charge in [0.05, 0.1) is 18.4 Å². The van der Waals surface area contributed by atoms with Gasteiger partial charge in [0.2, 0.25) is 0 Å². The Hall–Kier alpha value is -2.89. The highest BCUT2D eigenvalue weighted by Gasteiger charge is 2.07. The number of aryl methyl sites for hydroxylation is 2. The Bertz CT molecular complexity index is 843. The molecule has 0 saturated heterocycles. The number of guanidine groups is 1. The predicted octanol–water partition coefficient (Wildman–Crippen LogP) is 2.78. The summed E-state index contributed by atoms with van der Waals surface area (Å²) >= 11 is 0. The van der Waals surface area contributed by atoms with Gasteiger partial charge in [-0.1, -0.05) is 32.0 Å². The van der Waals surface area contributed by atoms with Crippen LogP contribution in [0, 0.1) is 0 Å². The van der Waals surface area contributed by atoms with Crippen LogP contribution in [0.1, 0.15) is 30.7 Å². The summed E-state index contributed by atoms with van der Waals surface area (Å²) in [6.07, 6.45) is 5.37. The van der Waals surface area contributed by atoms with E-state index in [1.807, 2.05) is 12.1 Å². The molecule has 6 heteroatoms. The van der Waals surface area contributed by atoms with E-state index >= 15 is 0 Å². The standard InChI is InChI=1S/C18H22N6/c1-3-13-6-5-7-14(4-2)17(13)23-18(19)21-12-15-8-10-20-16-9-11-22-24(15)16/h5-11H,3-4,12H2,1-2H3,(H3,19,21,23). The topological polar surface area (TPSA) is 80.6 Å². The molecule has 2 aromatic heterocycles. The van der Waals surface area contributed by atoms with Crippen molar-refractivity contribution in [2.24, 2.45) is 10.7 Å². The van der Waals surface area contributed by atoms with Gasteiger partial charge >= 0.3 is 0 Å². The molecule has 0 aliphatic carbocycles. The Morgan fingerprint density at radius 1 is 1.12 bits per heavy atom. The van der Waals surface area contributed by atoms with Gasteiger partial charge in [0, 0.05) is 18.0 Å². The summed E-state index contributed by atoms with van der Waals surface area (Å²) in [5.41, 5.74) is 11.4. The van der Waals surface area contributed by atoms with Crippen molar-refractivity contribution in [3.63, 3.8) is 0 Å². The number of benzene rings is 1. The first-order valence-electron chi connectivity index (χ1n) is 8.18. The summed E-state index contributed by atoms with van der Waals surface area (Å²) in [6, 6.07) is 10.1. The van der Waals surface area contributed by atoms with Crippen LogP contribution in [0.2, 0.25) is 0 Å². The molecule has 0 amide bonds. The van der Waals surface area contributed by atoms with Crippen molar-refractivity contribution in [2.75, 3.05) is 5.32 Å². The first-order chi connectivity index (χ1) is 11.7. The fourth-order valence-electron chi connectivity index (χ4n) is 2.74. The maximum absolute atomic E-state index is 6.11. The molecule has 0 radical (unpaired) electrons. The van der Waals surface area contributed by atoms with Gasteiger partial charge in [0.1, 0.15) is 0 Å². The van der Waals surface area contributed by atoms with Crippen LogP contribution in [0.4, 0.5) is 5.69 Å². The molecular weight excluding hydrogens is 300 g/mol. The maximum Gasteiger partial charge on any atom is 0.193 e. The van der Waals surface area contributed by atoms with Gasteiger partial charge in [-0.25, -0.2) is 14.5 Å². The second kappa shape index (κ2) is 7.12. The second-order valence-corrected chi connectivity index (χ2v) is 5.52. The average Bonchev–Trinajstić information content (AvgIpc) is 3.09. The van der Waals surface area contributed by atoms with E-state index in [1.54, 1.807) is 16.9 Å². The Balaban J connectivity index is 1.81. The van der Waals surface area contributed by atoms with Crippen molar-refractivity contribution in [2.45, 2.75) is 33.2 Å². The molecule has 24 heavy (non-hydrogen) atoms. The van der Waals surface area contributed by atoms with Crippen molar-refractivity contribution in [1.29, 1.82) is 0 Å². The fourth-order valence-corrected chi connectivity index (χ4v) is 2.74. The number of rotatable bonds is 5. The lowest BCUT2D eigenvalue weighted by Gasteiger charge is -2.14. The smallest absolute Gasteiger partial charge is 0.193 e. The molecule has 1 aromatic carbocycles. The number of anilines is 1. The van der Waals surface area contributed by atoms with Gasteiger partial charge in [0.25, 0.3) is 0 Å². The molecule has 0 aliphatic heterocycles. The lowest BCUT2D eigenvalue weighted by Crippen LogP contribution is -2.24. The molecule has 0 bridgehead atoms. The lowest BCUT2D eigenvalue weighted by atomic mass is 10.0. The van der Waals surface area contributed by atoms with Crippen LogP contribution in [-0.2, 0) is 19.4 Å². The van der Waals surface area contributed by atoms with Crippen LogP contribution >= 0.6 is 0 Å². The van der Waals surface area contributed by atoms with Crippen molar-refractivity contribution in [3.8, 4) is 0 Å². The van der Waals surface area contributed by atoms with E-state index in [4.69, 9.17) is 5.73 Å². The summed E-state index contributed by atoms with van der Waals surface area (Å²) in [4.78, 5) is 8.71. The summed E-state index contributed by atoms with van der Waals surface area (Å²) in [5.74, 6) is 0.405. The molecule has 3 N–H and O–H groups in total. The van der Waals surface area contributed by atoms with E-state index in [9.17, 15) is 0 Å². The minimum absolute atomic E-state index is 0.405. The monoisotopic (exact) mass is 322 g/mol. The molecule has 0 aliphatic rings. The SMILES string of the molecule is CCc1cccc(CC)c1NC(N)=NCc1ccnc2ccnn12. The van der Waals surface area contributed by atoms with Crippen LogP contribution in [0.3, 0.4) is 0 Å². The number of para-hydroxylation sites is 1. The highest BCUT2D eigenvalue weighted by molar-refractivity contribution is 5.93. The molecule has 0 atom stereocenters. The van der Waals surface area contributed by atoms with Gasteiger partial charge in [-0.3, -0.25) is 0 Å². The Kier molecular flexibility index (Phi) is 4.74. The van der Waals surface area contributed by atoms with E-state index in [0.29, 0.717) is 12.5 Å². The predicted molar refractivity (Wildman–Crippen MR) is 97.1 cm³/mol. The zero-order valence-electron chi connectivity index (χ0n) is 14.0. The van der Waals surface area contributed by atoms with Gasteiger partial charge in [-0.15, -0.1) is 0 Å². The molecule has 3 rings (SSSR count). The molecule has 3 aromatic rings. The highest BCUT2D eigenvalue weighted by atomic mass is 15.3. The Labute approximate surface area is 141 Å². The highest BCUT2D eigenvalue weighted by Crippen LogP contribution is 2.22. The van der Waals surface area contributed by atoms with E-state index in [-0.39, 0.29) is 0 Å². The zero-order chi connectivity index (χ0) is 16.9. The zero-order valence-corrected chi connectivity index (χ0v) is 14.0. The number of nitrogens with two attached hydrogens (primary N) is 1.